The van der Waals surface area contributed by atoms with Crippen LogP contribution in [0.4, 0.5) is 0 Å². The van der Waals surface area contributed by atoms with Crippen LogP contribution in [0.25, 0.3) is 0 Å². The number of carboxylic acid groups (broad SMARTS) is 1. The van der Waals surface area contributed by atoms with Gasteiger partial charge in [0.1, 0.15) is 0 Å². The molecule has 0 saturated carbocycles. The fourth-order valence-corrected chi connectivity index (χ4v) is 3.18. The van der Waals surface area contributed by atoms with Gasteiger partial charge in [0, 0.05) is 11.5 Å². The fraction of sp³-hybridized carbons (Fsp3) is 0.909. The van der Waals surface area contributed by atoms with Crippen LogP contribution >= 0.6 is 11.8 Å². The van der Waals surface area contributed by atoms with E-state index in [2.05, 4.69) is 13.8 Å². The maximum atomic E-state index is 10.4. The van der Waals surface area contributed by atoms with E-state index in [9.17, 15) is 17.8 Å². The van der Waals surface area contributed by atoms with Crippen LogP contribution in [0.15, 0.2) is 0 Å². The Labute approximate surface area is 162 Å². The minimum absolute atomic E-state index is 0. The molecule has 108 valence electrons. The minimum Gasteiger partial charge on any atom is -0.748 e. The molecule has 0 rings (SSSR count). The van der Waals surface area contributed by atoms with Crippen molar-refractivity contribution in [2.75, 3.05) is 17.3 Å². The van der Waals surface area contributed by atoms with Crippen molar-refractivity contribution < 1.29 is 74.3 Å². The van der Waals surface area contributed by atoms with E-state index in [1.54, 1.807) is 11.8 Å². The van der Waals surface area contributed by atoms with Crippen molar-refractivity contribution in [3.63, 3.8) is 0 Å². The Morgan fingerprint density at radius 2 is 1.89 bits per heavy atom. The molecule has 0 fully saturated rings. The maximum Gasteiger partial charge on any atom is 1.00 e. The molecule has 0 aromatic heterocycles. The van der Waals surface area contributed by atoms with Crippen molar-refractivity contribution in [1.29, 1.82) is 0 Å². The Balaban J connectivity index is 0. The van der Waals surface area contributed by atoms with Gasteiger partial charge < -0.3 is 9.66 Å². The first-order valence-corrected chi connectivity index (χ1v) is 8.59. The summed E-state index contributed by atoms with van der Waals surface area (Å²) < 4.78 is 31.2. The smallest absolute Gasteiger partial charge is 0.748 e. The van der Waals surface area contributed by atoms with Crippen molar-refractivity contribution in [1.82, 2.24) is 0 Å². The van der Waals surface area contributed by atoms with Gasteiger partial charge in [-0.15, -0.1) is 0 Å². The molecule has 0 aliphatic carbocycles. The largest absolute Gasteiger partial charge is 1.00 e. The number of carbonyl (C=O) groups is 1. The second-order valence-electron chi connectivity index (χ2n) is 5.08. The molecular weight excluding hydrogens is 315 g/mol. The van der Waals surface area contributed by atoms with E-state index in [0.29, 0.717) is 18.6 Å². The molecule has 0 radical (unpaired) electrons. The van der Waals surface area contributed by atoms with Gasteiger partial charge in [0.2, 0.25) is 0 Å². The van der Waals surface area contributed by atoms with Crippen molar-refractivity contribution in [3.05, 3.63) is 0 Å². The molecule has 0 aromatic rings. The summed E-state index contributed by atoms with van der Waals surface area (Å²) in [5.74, 6) is 0.342. The molecule has 0 saturated heterocycles. The number of hydrogen-bond acceptors (Lipinski definition) is 5. The summed E-state index contributed by atoms with van der Waals surface area (Å²) in [5, 5.41) is 8.49. The molecule has 0 amide bonds. The van der Waals surface area contributed by atoms with Gasteiger partial charge in [-0.3, -0.25) is 4.79 Å². The van der Waals surface area contributed by atoms with Crippen LogP contribution in [0.5, 0.6) is 0 Å². The molecule has 0 aromatic carbocycles. The van der Waals surface area contributed by atoms with E-state index in [-0.39, 0.29) is 69.0 Å². The predicted octanol–water partition coefficient (Wildman–Crippen LogP) is -1.06. The first kappa shape index (κ1) is 22.6. The Kier molecular flexibility index (Phi) is 13.1. The molecule has 0 spiro atoms. The van der Waals surface area contributed by atoms with Crippen molar-refractivity contribution in [2.45, 2.75) is 39.5 Å². The third kappa shape index (κ3) is 17.3. The number of aliphatic carboxylic acids is 1. The molecule has 19 heavy (non-hydrogen) atoms. The van der Waals surface area contributed by atoms with Gasteiger partial charge >= 0.3 is 57.4 Å². The predicted molar refractivity (Wildman–Crippen MR) is 71.8 cm³/mol. The molecule has 0 aliphatic heterocycles. The van der Waals surface area contributed by atoms with Crippen LogP contribution in [-0.2, 0) is 14.9 Å². The quantitative estimate of drug-likeness (QED) is 0.310. The number of hydrogen-bond donors (Lipinski definition) is 1. The molecule has 8 heteroatoms. The van der Waals surface area contributed by atoms with Crippen LogP contribution in [-0.4, -0.2) is 41.3 Å². The number of rotatable bonds is 10. The average Bonchev–Trinajstić information content (AvgIpc) is 2.18. The van der Waals surface area contributed by atoms with Crippen LogP contribution in [0, 0.1) is 5.41 Å². The van der Waals surface area contributed by atoms with Gasteiger partial charge in [0.25, 0.3) is 0 Å². The zero-order chi connectivity index (χ0) is 14.2. The Morgan fingerprint density at radius 1 is 1.32 bits per heavy atom. The van der Waals surface area contributed by atoms with E-state index in [0.717, 1.165) is 12.2 Å². The first-order chi connectivity index (χ1) is 8.12. The van der Waals surface area contributed by atoms with E-state index < -0.39 is 16.1 Å². The maximum absolute atomic E-state index is 10.4. The van der Waals surface area contributed by atoms with Crippen LogP contribution in [0.3, 0.4) is 0 Å². The van der Waals surface area contributed by atoms with Crippen LogP contribution in [0.1, 0.15) is 39.5 Å². The third-order valence-electron chi connectivity index (χ3n) is 2.45. The van der Waals surface area contributed by atoms with Gasteiger partial charge in [-0.1, -0.05) is 20.3 Å². The van der Waals surface area contributed by atoms with Crippen molar-refractivity contribution in [2.24, 2.45) is 5.41 Å². The topological polar surface area (TPSA) is 94.5 Å². The molecule has 0 heterocycles. The summed E-state index contributed by atoms with van der Waals surface area (Å²) in [6, 6.07) is 0. The summed E-state index contributed by atoms with van der Waals surface area (Å²) in [7, 11) is -4.09. The minimum atomic E-state index is -4.09. The summed E-state index contributed by atoms with van der Waals surface area (Å²) in [4.78, 5) is 10.3. The summed E-state index contributed by atoms with van der Waals surface area (Å²) in [5.41, 5.74) is 0.0375. The van der Waals surface area contributed by atoms with Crippen molar-refractivity contribution in [3.8, 4) is 0 Å². The van der Waals surface area contributed by atoms with Gasteiger partial charge in [-0.25, -0.2) is 8.42 Å². The van der Waals surface area contributed by atoms with Crippen molar-refractivity contribution >= 4 is 27.8 Å². The van der Waals surface area contributed by atoms with E-state index >= 15 is 0 Å². The Hall–Kier alpha value is 1.37. The number of thioether (sulfide) groups is 1. The molecule has 0 unspecified atom stereocenters. The van der Waals surface area contributed by atoms with E-state index in [4.69, 9.17) is 5.11 Å². The Bertz CT molecular complexity index is 354. The fourth-order valence-electron chi connectivity index (χ4n) is 1.46. The number of carboxylic acids is 1. The SMILES string of the molecule is CC(C)(CCCCS(=O)(=O)[O-])CSCCC(=O)O.[K+]. The molecule has 5 nitrogen and oxygen atoms in total. The molecule has 1 N–H and O–H groups in total. The zero-order valence-corrected chi connectivity index (χ0v) is 16.6. The molecular formula is C11H21KO5S2. The molecule has 0 bridgehead atoms. The summed E-state index contributed by atoms with van der Waals surface area (Å²) >= 11 is 1.59. The summed E-state index contributed by atoms with van der Waals surface area (Å²) in [6.45, 7) is 4.12. The van der Waals surface area contributed by atoms with Gasteiger partial charge in [-0.05, 0) is 24.0 Å². The van der Waals surface area contributed by atoms with Gasteiger partial charge in [0.15, 0.2) is 0 Å². The Morgan fingerprint density at radius 3 is 2.37 bits per heavy atom. The third-order valence-corrected chi connectivity index (χ3v) is 4.72. The average molecular weight is 337 g/mol. The monoisotopic (exact) mass is 336 g/mol. The standard InChI is InChI=1S/C11H22O5S2.K/c1-11(2,9-17-7-5-10(12)13)6-3-4-8-18(14,15)16;/h3-9H2,1-2H3,(H,12,13)(H,14,15,16);/q;+1/p-1. The normalized spacial score (nSPS) is 11.9. The summed E-state index contributed by atoms with van der Waals surface area (Å²) in [6.07, 6.45) is 2.10. The van der Waals surface area contributed by atoms with Gasteiger partial charge in [0.05, 0.1) is 16.5 Å². The van der Waals surface area contributed by atoms with E-state index in [1.165, 1.54) is 0 Å². The molecule has 0 atom stereocenters. The first-order valence-electron chi connectivity index (χ1n) is 5.85. The molecule has 0 aliphatic rings. The van der Waals surface area contributed by atoms with Gasteiger partial charge in [-0.2, -0.15) is 11.8 Å². The zero-order valence-electron chi connectivity index (χ0n) is 11.8. The second kappa shape index (κ2) is 11.0. The second-order valence-corrected chi connectivity index (χ2v) is 7.71. The van der Waals surface area contributed by atoms with E-state index in [1.807, 2.05) is 0 Å². The van der Waals surface area contributed by atoms with Crippen LogP contribution in [0.2, 0.25) is 0 Å². The van der Waals surface area contributed by atoms with Crippen LogP contribution < -0.4 is 51.4 Å². The number of unbranched alkanes of at least 4 members (excludes halogenated alkanes) is 1.